The van der Waals surface area contributed by atoms with Crippen LogP contribution in [0, 0.1) is 17.5 Å². The highest BCUT2D eigenvalue weighted by Crippen LogP contribution is 2.36. The number of amidine groups is 1. The van der Waals surface area contributed by atoms with Gasteiger partial charge in [0, 0.05) is 55.1 Å². The summed E-state index contributed by atoms with van der Waals surface area (Å²) < 4.78 is 52.7. The Bertz CT molecular complexity index is 1370. The third kappa shape index (κ3) is 6.73. The van der Waals surface area contributed by atoms with Crippen LogP contribution >= 0.6 is 11.6 Å². The van der Waals surface area contributed by atoms with Gasteiger partial charge in [-0.15, -0.1) is 0 Å². The van der Waals surface area contributed by atoms with E-state index in [1.807, 2.05) is 4.90 Å². The summed E-state index contributed by atoms with van der Waals surface area (Å²) in [6.07, 6.45) is 0.424. The predicted molar refractivity (Wildman–Crippen MR) is 141 cm³/mol. The Hall–Kier alpha value is -3.64. The van der Waals surface area contributed by atoms with Crippen molar-refractivity contribution < 1.29 is 32.2 Å². The highest BCUT2D eigenvalue weighted by Gasteiger charge is 2.35. The number of pyridine rings is 1. The van der Waals surface area contributed by atoms with Crippen molar-refractivity contribution in [2.75, 3.05) is 39.8 Å². The molecule has 0 aliphatic carbocycles. The van der Waals surface area contributed by atoms with Crippen LogP contribution in [0.4, 0.5) is 18.0 Å². The van der Waals surface area contributed by atoms with Gasteiger partial charge in [-0.2, -0.15) is 0 Å². The number of nitrogens with one attached hydrogen (secondary N) is 1. The molecule has 1 amide bonds. The van der Waals surface area contributed by atoms with E-state index in [-0.39, 0.29) is 34.2 Å². The molecule has 2 aliphatic heterocycles. The van der Waals surface area contributed by atoms with Crippen LogP contribution in [0.2, 0.25) is 5.02 Å². The molecule has 214 valence electrons. The Morgan fingerprint density at radius 2 is 1.80 bits per heavy atom. The molecular formula is C27H29ClF3N5O4. The van der Waals surface area contributed by atoms with E-state index in [0.717, 1.165) is 12.3 Å². The molecule has 1 aromatic carbocycles. The topological polar surface area (TPSA) is 96.4 Å². The van der Waals surface area contributed by atoms with Crippen molar-refractivity contribution >= 4 is 29.5 Å². The van der Waals surface area contributed by atoms with E-state index in [1.54, 1.807) is 25.7 Å². The number of esters is 1. The minimum atomic E-state index is -1.11. The van der Waals surface area contributed by atoms with E-state index < -0.39 is 41.2 Å². The average Bonchev–Trinajstić information content (AvgIpc) is 2.87. The summed E-state index contributed by atoms with van der Waals surface area (Å²) in [6, 6.07) is 3.18. The monoisotopic (exact) mass is 579 g/mol. The number of ether oxygens (including phenoxy) is 2. The van der Waals surface area contributed by atoms with Crippen molar-refractivity contribution in [3.8, 4) is 0 Å². The molecule has 40 heavy (non-hydrogen) atoms. The molecule has 4 rings (SSSR count). The normalized spacial score (nSPS) is 18.2. The van der Waals surface area contributed by atoms with E-state index in [9.17, 15) is 22.8 Å². The van der Waals surface area contributed by atoms with Crippen LogP contribution in [0.3, 0.4) is 0 Å². The molecule has 1 aromatic heterocycles. The molecule has 1 N–H and O–H groups in total. The zero-order chi connectivity index (χ0) is 29.2. The summed E-state index contributed by atoms with van der Waals surface area (Å²) >= 11 is 6.35. The lowest BCUT2D eigenvalue weighted by Gasteiger charge is -2.37. The Balaban J connectivity index is 1.69. The standard InChI is InChI=1S/C27H29ClF3N5O4/c1-27(2,3)40-26(38)36-9-7-35(8-10-36)14-20-21(25(37)39-4)22(17-6-5-15(29)11-18(17)28)34-24(33-20)23-19(31)12-16(30)13-32-23/h5-6,11-13,22H,7-10,14H2,1-4H3,(H,33,34)/t22-/m0/s1. The van der Waals surface area contributed by atoms with Crippen molar-refractivity contribution in [3.63, 3.8) is 0 Å². The van der Waals surface area contributed by atoms with Crippen LogP contribution in [0.25, 0.3) is 0 Å². The summed E-state index contributed by atoms with van der Waals surface area (Å²) in [4.78, 5) is 37.5. The minimum absolute atomic E-state index is 0.00531. The Morgan fingerprint density at radius 3 is 2.40 bits per heavy atom. The number of halogens is 4. The number of carbonyl (C=O) groups is 2. The zero-order valence-electron chi connectivity index (χ0n) is 22.4. The van der Waals surface area contributed by atoms with Gasteiger partial charge < -0.3 is 19.7 Å². The third-order valence-electron chi connectivity index (χ3n) is 6.23. The fraction of sp³-hybridized carbons (Fsp3) is 0.407. The number of hydrogen-bond acceptors (Lipinski definition) is 8. The van der Waals surface area contributed by atoms with E-state index in [2.05, 4.69) is 15.3 Å². The first-order chi connectivity index (χ1) is 18.9. The molecule has 9 nitrogen and oxygen atoms in total. The number of piperazine rings is 1. The summed E-state index contributed by atoms with van der Waals surface area (Å²) in [5.74, 6) is -3.23. The van der Waals surface area contributed by atoms with Gasteiger partial charge in [0.1, 0.15) is 29.0 Å². The van der Waals surface area contributed by atoms with Gasteiger partial charge in [0.15, 0.2) is 11.7 Å². The molecule has 0 radical (unpaired) electrons. The van der Waals surface area contributed by atoms with Crippen molar-refractivity contribution in [1.29, 1.82) is 0 Å². The molecule has 0 unspecified atom stereocenters. The second-order valence-electron chi connectivity index (χ2n) is 10.3. The van der Waals surface area contributed by atoms with E-state index in [4.69, 9.17) is 21.1 Å². The summed E-state index contributed by atoms with van der Waals surface area (Å²) in [5.41, 5.74) is -0.232. The highest BCUT2D eigenvalue weighted by molar-refractivity contribution is 6.31. The fourth-order valence-corrected chi connectivity index (χ4v) is 4.64. The number of nitrogens with zero attached hydrogens (tertiary/aromatic N) is 4. The Kier molecular flexibility index (Phi) is 8.69. The minimum Gasteiger partial charge on any atom is -0.466 e. The number of aliphatic imine (C=N–C) groups is 1. The van der Waals surface area contributed by atoms with Gasteiger partial charge in [-0.25, -0.2) is 27.7 Å². The second kappa shape index (κ2) is 11.8. The van der Waals surface area contributed by atoms with Crippen LogP contribution in [0.1, 0.15) is 38.1 Å². The van der Waals surface area contributed by atoms with Gasteiger partial charge in [-0.05, 0) is 32.9 Å². The maximum absolute atomic E-state index is 14.8. The first kappa shape index (κ1) is 29.3. The quantitative estimate of drug-likeness (QED) is 0.530. The lowest BCUT2D eigenvalue weighted by atomic mass is 9.94. The number of amides is 1. The maximum atomic E-state index is 14.8. The van der Waals surface area contributed by atoms with E-state index >= 15 is 0 Å². The van der Waals surface area contributed by atoms with Crippen LogP contribution in [-0.2, 0) is 14.3 Å². The molecule has 2 aliphatic rings. The molecule has 0 spiro atoms. The molecule has 2 aromatic rings. The molecule has 0 saturated carbocycles. The largest absolute Gasteiger partial charge is 0.466 e. The molecule has 3 heterocycles. The Labute approximate surface area is 234 Å². The van der Waals surface area contributed by atoms with Gasteiger partial charge in [0.25, 0.3) is 0 Å². The number of rotatable bonds is 5. The van der Waals surface area contributed by atoms with Crippen LogP contribution in [0.15, 0.2) is 46.7 Å². The van der Waals surface area contributed by atoms with Gasteiger partial charge >= 0.3 is 12.1 Å². The lowest BCUT2D eigenvalue weighted by Crippen LogP contribution is -2.51. The molecule has 0 bridgehead atoms. The van der Waals surface area contributed by atoms with Crippen molar-refractivity contribution in [3.05, 3.63) is 75.5 Å². The Morgan fingerprint density at radius 1 is 1.10 bits per heavy atom. The van der Waals surface area contributed by atoms with Crippen LogP contribution in [-0.4, -0.2) is 78.1 Å². The average molecular weight is 580 g/mol. The van der Waals surface area contributed by atoms with E-state index in [1.165, 1.54) is 19.2 Å². The lowest BCUT2D eigenvalue weighted by molar-refractivity contribution is -0.136. The summed E-state index contributed by atoms with van der Waals surface area (Å²) in [7, 11) is 1.20. The summed E-state index contributed by atoms with van der Waals surface area (Å²) in [5, 5.41) is 2.97. The SMILES string of the molecule is COC(=O)C1=C(CN2CCN(C(=O)OC(C)(C)C)CC2)NC(c2ncc(F)cc2F)=N[C@H]1c1ccc(F)cc1Cl. The number of hydrogen-bond donors (Lipinski definition) is 1. The maximum Gasteiger partial charge on any atom is 0.410 e. The van der Waals surface area contributed by atoms with Gasteiger partial charge in [-0.1, -0.05) is 17.7 Å². The first-order valence-corrected chi connectivity index (χ1v) is 12.9. The van der Waals surface area contributed by atoms with Gasteiger partial charge in [0.2, 0.25) is 0 Å². The van der Waals surface area contributed by atoms with Crippen molar-refractivity contribution in [2.45, 2.75) is 32.4 Å². The van der Waals surface area contributed by atoms with Crippen molar-refractivity contribution in [1.82, 2.24) is 20.1 Å². The fourth-order valence-electron chi connectivity index (χ4n) is 4.37. The number of aromatic nitrogens is 1. The molecule has 1 saturated heterocycles. The summed E-state index contributed by atoms with van der Waals surface area (Å²) in [6.45, 7) is 7.15. The van der Waals surface area contributed by atoms with Crippen molar-refractivity contribution in [2.24, 2.45) is 4.99 Å². The first-order valence-electron chi connectivity index (χ1n) is 12.5. The number of benzene rings is 1. The highest BCUT2D eigenvalue weighted by atomic mass is 35.5. The molecule has 1 atom stereocenters. The smallest absolute Gasteiger partial charge is 0.410 e. The zero-order valence-corrected chi connectivity index (χ0v) is 23.2. The predicted octanol–water partition coefficient (Wildman–Crippen LogP) is 4.22. The van der Waals surface area contributed by atoms with Gasteiger partial charge in [-0.3, -0.25) is 9.89 Å². The number of methoxy groups -OCH3 is 1. The third-order valence-corrected chi connectivity index (χ3v) is 6.55. The molecule has 13 heteroatoms. The van der Waals surface area contributed by atoms with E-state index in [0.29, 0.717) is 37.9 Å². The second-order valence-corrected chi connectivity index (χ2v) is 10.7. The van der Waals surface area contributed by atoms with Gasteiger partial charge in [0.05, 0.1) is 18.9 Å². The van der Waals surface area contributed by atoms with Crippen LogP contribution < -0.4 is 5.32 Å². The molecule has 1 fully saturated rings. The number of carbonyl (C=O) groups excluding carboxylic acids is 2. The molecular weight excluding hydrogens is 551 g/mol. The van der Waals surface area contributed by atoms with Crippen LogP contribution in [0.5, 0.6) is 0 Å².